The molecular formula is C13H23N3O. The van der Waals surface area contributed by atoms with E-state index in [1.54, 1.807) is 0 Å². The van der Waals surface area contributed by atoms with Crippen molar-refractivity contribution in [3.8, 4) is 11.8 Å². The van der Waals surface area contributed by atoms with Gasteiger partial charge < -0.3 is 0 Å². The lowest BCUT2D eigenvalue weighted by molar-refractivity contribution is -0.122. The van der Waals surface area contributed by atoms with Gasteiger partial charge in [0.25, 0.3) is 0 Å². The van der Waals surface area contributed by atoms with Crippen molar-refractivity contribution in [2.24, 2.45) is 11.3 Å². The zero-order chi connectivity index (χ0) is 13.3. The van der Waals surface area contributed by atoms with Crippen LogP contribution in [0.3, 0.4) is 0 Å². The van der Waals surface area contributed by atoms with Gasteiger partial charge in [0.15, 0.2) is 0 Å². The van der Waals surface area contributed by atoms with Crippen LogP contribution in [-0.4, -0.2) is 30.4 Å². The summed E-state index contributed by atoms with van der Waals surface area (Å²) in [4.78, 5) is 13.0. The molecule has 3 N–H and O–H groups in total. The maximum Gasteiger partial charge on any atom is 0.248 e. The molecular weight excluding hydrogens is 214 g/mol. The van der Waals surface area contributed by atoms with E-state index in [0.717, 1.165) is 6.54 Å². The highest BCUT2D eigenvalue weighted by Crippen LogP contribution is 2.09. The monoisotopic (exact) mass is 237 g/mol. The molecule has 0 aromatic rings. The molecule has 0 spiro atoms. The molecule has 0 atom stereocenters. The zero-order valence-corrected chi connectivity index (χ0v) is 11.2. The summed E-state index contributed by atoms with van der Waals surface area (Å²) in [6.07, 6.45) is 3.78. The number of nitrogens with one attached hydrogen (secondary N) is 1. The summed E-state index contributed by atoms with van der Waals surface area (Å²) in [6, 6.07) is 0. The van der Waals surface area contributed by atoms with Crippen molar-refractivity contribution < 1.29 is 4.79 Å². The molecule has 0 rings (SSSR count). The van der Waals surface area contributed by atoms with Crippen LogP contribution in [-0.2, 0) is 4.79 Å². The van der Waals surface area contributed by atoms with Gasteiger partial charge >= 0.3 is 0 Å². The van der Waals surface area contributed by atoms with Gasteiger partial charge in [-0.2, -0.15) is 0 Å². The largest absolute Gasteiger partial charge is 0.293 e. The van der Waals surface area contributed by atoms with Crippen LogP contribution in [0.4, 0.5) is 0 Å². The molecule has 4 heteroatoms. The summed E-state index contributed by atoms with van der Waals surface area (Å²) >= 11 is 0. The van der Waals surface area contributed by atoms with Crippen molar-refractivity contribution in [3.63, 3.8) is 0 Å². The number of carbonyl (C=O) groups excluding carboxylic acids is 1. The third-order valence-corrected chi connectivity index (χ3v) is 1.99. The lowest BCUT2D eigenvalue weighted by atomic mass is 9.98. The molecule has 0 aliphatic heterocycles. The normalized spacial score (nSPS) is 11.4. The van der Waals surface area contributed by atoms with Crippen LogP contribution in [0, 0.1) is 17.3 Å². The number of hydrogen-bond acceptors (Lipinski definition) is 3. The number of hydrazine groups is 1. The zero-order valence-electron chi connectivity index (χ0n) is 11.2. The Balaban J connectivity index is 4.09. The van der Waals surface area contributed by atoms with E-state index >= 15 is 0 Å². The molecule has 0 saturated heterocycles. The second-order valence-corrected chi connectivity index (χ2v) is 4.82. The van der Waals surface area contributed by atoms with Crippen LogP contribution >= 0.6 is 0 Å². The molecule has 0 radical (unpaired) electrons. The minimum atomic E-state index is -0.180. The summed E-state index contributed by atoms with van der Waals surface area (Å²) < 4.78 is 0. The van der Waals surface area contributed by atoms with Gasteiger partial charge in [0.1, 0.15) is 0 Å². The van der Waals surface area contributed by atoms with Crippen molar-refractivity contribution >= 4 is 5.91 Å². The predicted octanol–water partition coefficient (Wildman–Crippen LogP) is 0.904. The smallest absolute Gasteiger partial charge is 0.248 e. The number of carbonyl (C=O) groups is 1. The minimum absolute atomic E-state index is 0.0220. The third kappa shape index (κ3) is 9.61. The standard InChI is InChI=1S/C13H23N3O/c1-5-16(11-12(17)15-14)10-8-6-7-9-13(2,3)4/h6,8H,5,10-11,14H2,1-4H3,(H,15,17)/b8-6+. The Morgan fingerprint density at radius 3 is 2.59 bits per heavy atom. The number of amides is 1. The summed E-state index contributed by atoms with van der Waals surface area (Å²) in [7, 11) is 0. The fourth-order valence-electron chi connectivity index (χ4n) is 1.07. The number of hydrogen-bond donors (Lipinski definition) is 2. The molecule has 0 aromatic carbocycles. The molecule has 0 aromatic heterocycles. The quantitative estimate of drug-likeness (QED) is 0.323. The lowest BCUT2D eigenvalue weighted by Crippen LogP contribution is -2.40. The predicted molar refractivity (Wildman–Crippen MR) is 70.8 cm³/mol. The minimum Gasteiger partial charge on any atom is -0.293 e. The molecule has 0 unspecified atom stereocenters. The van der Waals surface area contributed by atoms with E-state index in [9.17, 15) is 4.79 Å². The molecule has 0 bridgehead atoms. The van der Waals surface area contributed by atoms with E-state index in [1.165, 1.54) is 0 Å². The molecule has 0 saturated carbocycles. The van der Waals surface area contributed by atoms with Crippen LogP contribution in [0.5, 0.6) is 0 Å². The van der Waals surface area contributed by atoms with Gasteiger partial charge in [0, 0.05) is 12.0 Å². The van der Waals surface area contributed by atoms with Gasteiger partial charge in [-0.25, -0.2) is 5.84 Å². The number of rotatable bonds is 5. The number of likely N-dealkylation sites (N-methyl/N-ethyl adjacent to an activating group) is 1. The molecule has 4 nitrogen and oxygen atoms in total. The maximum absolute atomic E-state index is 11.1. The highest BCUT2D eigenvalue weighted by atomic mass is 16.2. The first-order valence-electron chi connectivity index (χ1n) is 5.78. The summed E-state index contributed by atoms with van der Waals surface area (Å²) in [6.45, 7) is 10.0. The first-order chi connectivity index (χ1) is 7.89. The van der Waals surface area contributed by atoms with Crippen molar-refractivity contribution in [2.75, 3.05) is 19.6 Å². The van der Waals surface area contributed by atoms with E-state index in [2.05, 4.69) is 38.0 Å². The number of allylic oxidation sites excluding steroid dienone is 1. The summed E-state index contributed by atoms with van der Waals surface area (Å²) in [5, 5.41) is 0. The van der Waals surface area contributed by atoms with E-state index in [4.69, 9.17) is 5.84 Å². The Morgan fingerprint density at radius 1 is 1.47 bits per heavy atom. The second kappa shape index (κ2) is 7.88. The van der Waals surface area contributed by atoms with E-state index in [1.807, 2.05) is 24.0 Å². The van der Waals surface area contributed by atoms with E-state index in [-0.39, 0.29) is 11.3 Å². The van der Waals surface area contributed by atoms with Gasteiger partial charge in [-0.05, 0) is 33.4 Å². The lowest BCUT2D eigenvalue weighted by Gasteiger charge is -2.16. The molecule has 0 aliphatic carbocycles. The van der Waals surface area contributed by atoms with E-state index in [0.29, 0.717) is 13.1 Å². The molecule has 0 fully saturated rings. The van der Waals surface area contributed by atoms with Gasteiger partial charge in [-0.3, -0.25) is 15.1 Å². The van der Waals surface area contributed by atoms with Crippen molar-refractivity contribution in [1.82, 2.24) is 10.3 Å². The van der Waals surface area contributed by atoms with Crippen LogP contribution in [0.15, 0.2) is 12.2 Å². The van der Waals surface area contributed by atoms with Crippen LogP contribution in [0.25, 0.3) is 0 Å². The fourth-order valence-corrected chi connectivity index (χ4v) is 1.07. The number of nitrogens with zero attached hydrogens (tertiary/aromatic N) is 1. The summed E-state index contributed by atoms with van der Waals surface area (Å²) in [5.41, 5.74) is 2.14. The fraction of sp³-hybridized carbons (Fsp3) is 0.615. The van der Waals surface area contributed by atoms with Gasteiger partial charge in [0.05, 0.1) is 6.54 Å². The first kappa shape index (κ1) is 15.7. The molecule has 96 valence electrons. The molecule has 17 heavy (non-hydrogen) atoms. The second-order valence-electron chi connectivity index (χ2n) is 4.82. The Bertz CT molecular complexity index is 318. The third-order valence-electron chi connectivity index (χ3n) is 1.99. The number of nitrogens with two attached hydrogens (primary N) is 1. The Hall–Kier alpha value is -1.31. The van der Waals surface area contributed by atoms with Crippen molar-refractivity contribution in [3.05, 3.63) is 12.2 Å². The Morgan fingerprint density at radius 2 is 2.12 bits per heavy atom. The molecule has 0 aliphatic rings. The van der Waals surface area contributed by atoms with Crippen molar-refractivity contribution in [1.29, 1.82) is 0 Å². The van der Waals surface area contributed by atoms with Gasteiger partial charge in [-0.15, -0.1) is 0 Å². The highest BCUT2D eigenvalue weighted by molar-refractivity contribution is 5.77. The Kier molecular flexibility index (Phi) is 7.27. The Labute approximate surface area is 104 Å². The van der Waals surface area contributed by atoms with Crippen LogP contribution in [0.1, 0.15) is 27.7 Å². The summed E-state index contributed by atoms with van der Waals surface area (Å²) in [5.74, 6) is 11.0. The van der Waals surface area contributed by atoms with Crippen LogP contribution < -0.4 is 11.3 Å². The highest BCUT2D eigenvalue weighted by Gasteiger charge is 2.05. The molecule has 1 amide bonds. The van der Waals surface area contributed by atoms with Crippen LogP contribution in [0.2, 0.25) is 0 Å². The van der Waals surface area contributed by atoms with Crippen molar-refractivity contribution in [2.45, 2.75) is 27.7 Å². The average Bonchev–Trinajstić information content (AvgIpc) is 2.25. The van der Waals surface area contributed by atoms with Gasteiger partial charge in [-0.1, -0.05) is 24.8 Å². The topological polar surface area (TPSA) is 58.4 Å². The van der Waals surface area contributed by atoms with Gasteiger partial charge in [0.2, 0.25) is 5.91 Å². The van der Waals surface area contributed by atoms with E-state index < -0.39 is 0 Å². The molecule has 0 heterocycles. The first-order valence-corrected chi connectivity index (χ1v) is 5.78. The average molecular weight is 237 g/mol. The maximum atomic E-state index is 11.1. The SMILES string of the molecule is CCN(C/C=C/C#CC(C)(C)C)CC(=O)NN.